The summed E-state index contributed by atoms with van der Waals surface area (Å²) in [5, 5.41) is 10.5. The lowest BCUT2D eigenvalue weighted by atomic mass is 10.1. The molecule has 0 unspecified atom stereocenters. The number of nitrogens with zero attached hydrogens (tertiary/aromatic N) is 5. The second kappa shape index (κ2) is 5.52. The molecule has 28 heavy (non-hydrogen) atoms. The molecule has 0 saturated heterocycles. The van der Waals surface area contributed by atoms with Crippen molar-refractivity contribution in [1.82, 2.24) is 25.0 Å². The van der Waals surface area contributed by atoms with E-state index in [2.05, 4.69) is 20.3 Å². The van der Waals surface area contributed by atoms with Crippen LogP contribution in [0, 0.1) is 0 Å². The first kappa shape index (κ1) is 19.8. The van der Waals surface area contributed by atoms with Gasteiger partial charge in [-0.2, -0.15) is 13.2 Å². The first-order chi connectivity index (χ1) is 12.6. The van der Waals surface area contributed by atoms with Crippen molar-refractivity contribution in [3.05, 3.63) is 42.4 Å². The molecular formula is C13H7F8N5OS. The van der Waals surface area contributed by atoms with Crippen LogP contribution in [-0.4, -0.2) is 25.0 Å². The van der Waals surface area contributed by atoms with E-state index in [9.17, 15) is 32.6 Å². The van der Waals surface area contributed by atoms with Gasteiger partial charge in [-0.1, -0.05) is 19.4 Å². The van der Waals surface area contributed by atoms with Crippen LogP contribution < -0.4 is 0 Å². The van der Waals surface area contributed by atoms with E-state index in [0.29, 0.717) is 0 Å². The minimum Gasteiger partial charge on any atom is -0.424 e. The van der Waals surface area contributed by atoms with Crippen LogP contribution in [0.15, 0.2) is 40.2 Å². The first-order valence-corrected chi connectivity index (χ1v) is 8.89. The average Bonchev–Trinajstić information content (AvgIpc) is 3.21. The third-order valence-corrected chi connectivity index (χ3v) is 4.32. The number of benzene rings is 1. The Morgan fingerprint density at radius 1 is 1.04 bits per heavy atom. The van der Waals surface area contributed by atoms with Crippen LogP contribution in [-0.2, 0) is 6.18 Å². The maximum absolute atomic E-state index is 13.0. The van der Waals surface area contributed by atoms with Gasteiger partial charge in [0.25, 0.3) is 0 Å². The highest BCUT2D eigenvalue weighted by molar-refractivity contribution is 8.45. The largest absolute Gasteiger partial charge is 0.424 e. The highest BCUT2D eigenvalue weighted by Gasteiger charge is 2.66. The van der Waals surface area contributed by atoms with Gasteiger partial charge in [0, 0.05) is 17.8 Å². The van der Waals surface area contributed by atoms with Crippen LogP contribution in [0.25, 0.3) is 23.7 Å². The van der Waals surface area contributed by atoms with E-state index in [0.717, 1.165) is 23.6 Å². The molecule has 3 rings (SSSR count). The van der Waals surface area contributed by atoms with Crippen molar-refractivity contribution in [1.29, 1.82) is 0 Å². The molecule has 1 aromatic carbocycles. The Kier molecular flexibility index (Phi) is 3.90. The molecule has 0 fully saturated rings. The van der Waals surface area contributed by atoms with Gasteiger partial charge in [0.2, 0.25) is 12.3 Å². The smallest absolute Gasteiger partial charge is 0.416 e. The molecular weight excluding hydrogens is 426 g/mol. The van der Waals surface area contributed by atoms with Crippen LogP contribution in [0.5, 0.6) is 0 Å². The van der Waals surface area contributed by atoms with Gasteiger partial charge in [-0.15, -0.1) is 15.3 Å². The van der Waals surface area contributed by atoms with Gasteiger partial charge in [-0.25, -0.2) is 9.67 Å². The minimum atomic E-state index is -10.4. The summed E-state index contributed by atoms with van der Waals surface area (Å²) in [4.78, 5) is 0.854. The van der Waals surface area contributed by atoms with Gasteiger partial charge >= 0.3 is 16.4 Å². The van der Waals surface area contributed by atoms with Gasteiger partial charge in [-0.05, 0) is 18.2 Å². The second-order valence-corrected chi connectivity index (χ2v) is 7.76. The third-order valence-electron chi connectivity index (χ3n) is 3.19. The van der Waals surface area contributed by atoms with Gasteiger partial charge in [0.05, 0.1) is 5.56 Å². The molecule has 2 heterocycles. The highest BCUT2D eigenvalue weighted by Crippen LogP contribution is 3.02. The van der Waals surface area contributed by atoms with Crippen molar-refractivity contribution in [3.63, 3.8) is 0 Å². The van der Waals surface area contributed by atoms with Crippen LogP contribution in [0.2, 0.25) is 0 Å². The fourth-order valence-corrected chi connectivity index (χ4v) is 2.69. The number of hydrogen-bond donors (Lipinski definition) is 0. The van der Waals surface area contributed by atoms with Crippen LogP contribution in [0.1, 0.15) is 11.5 Å². The number of rotatable bonds is 4. The molecule has 0 aliphatic carbocycles. The van der Waals surface area contributed by atoms with Crippen molar-refractivity contribution in [2.45, 2.75) is 11.1 Å². The molecule has 0 saturated carbocycles. The zero-order chi connectivity index (χ0) is 20.9. The Labute approximate surface area is 150 Å². The molecule has 0 amide bonds. The highest BCUT2D eigenvalue weighted by atomic mass is 32.5. The molecule has 0 radical (unpaired) electrons. The maximum Gasteiger partial charge on any atom is 0.416 e. The molecule has 152 valence electrons. The Balaban J connectivity index is 2.07. The number of alkyl halides is 3. The Morgan fingerprint density at radius 2 is 1.75 bits per heavy atom. The summed E-state index contributed by atoms with van der Waals surface area (Å²) >= 11 is 0. The second-order valence-electron chi connectivity index (χ2n) is 5.35. The van der Waals surface area contributed by atoms with Crippen molar-refractivity contribution in [3.8, 4) is 11.4 Å². The van der Waals surface area contributed by atoms with E-state index < -0.39 is 44.3 Å². The predicted octanol–water partition coefficient (Wildman–Crippen LogP) is 5.63. The summed E-state index contributed by atoms with van der Waals surface area (Å²) in [6.45, 7) is 0. The van der Waals surface area contributed by atoms with E-state index >= 15 is 0 Å². The summed E-state index contributed by atoms with van der Waals surface area (Å²) in [5.41, 5.74) is -2.80. The van der Waals surface area contributed by atoms with E-state index in [1.165, 1.54) is 6.08 Å². The number of aromatic nitrogens is 5. The van der Waals surface area contributed by atoms with Crippen LogP contribution in [0.4, 0.5) is 32.6 Å². The quantitative estimate of drug-likeness (QED) is 0.499. The van der Waals surface area contributed by atoms with Gasteiger partial charge in [0.1, 0.15) is 11.2 Å². The molecule has 0 bridgehead atoms. The fourth-order valence-electron chi connectivity index (χ4n) is 1.99. The van der Waals surface area contributed by atoms with E-state index in [1.54, 1.807) is 0 Å². The van der Waals surface area contributed by atoms with Gasteiger partial charge < -0.3 is 4.42 Å². The molecule has 0 aliphatic rings. The number of halogens is 8. The topological polar surface area (TPSA) is 69.6 Å². The summed E-state index contributed by atoms with van der Waals surface area (Å²) in [7, 11) is -10.4. The van der Waals surface area contributed by atoms with Crippen molar-refractivity contribution < 1.29 is 37.0 Å². The molecule has 0 atom stereocenters. The van der Waals surface area contributed by atoms with Crippen molar-refractivity contribution in [2.24, 2.45) is 0 Å². The molecule has 15 heteroatoms. The zero-order valence-electron chi connectivity index (χ0n) is 13.1. The van der Waals surface area contributed by atoms with Crippen molar-refractivity contribution in [2.75, 3.05) is 0 Å². The number of hydrogen-bond acceptors (Lipinski definition) is 5. The SMILES string of the molecule is FC(F)(F)c1cc(-c2ncn(/C=C\c3nnco3)n2)cc(S(F)(F)(F)(F)F)c1. The summed E-state index contributed by atoms with van der Waals surface area (Å²) in [5.74, 6) is -0.608. The lowest BCUT2D eigenvalue weighted by molar-refractivity contribution is -0.137. The summed E-state index contributed by atoms with van der Waals surface area (Å²) in [6, 6.07) is -0.524. The molecule has 3 aromatic rings. The Morgan fingerprint density at radius 3 is 2.32 bits per heavy atom. The molecule has 2 aromatic heterocycles. The van der Waals surface area contributed by atoms with Gasteiger partial charge in [-0.3, -0.25) is 0 Å². The molecule has 0 N–H and O–H groups in total. The van der Waals surface area contributed by atoms with E-state index in [4.69, 9.17) is 4.42 Å². The predicted molar refractivity (Wildman–Crippen MR) is 81.4 cm³/mol. The first-order valence-electron chi connectivity index (χ1n) is 6.94. The Hall–Kier alpha value is -2.97. The minimum absolute atomic E-state index is 0.0271. The maximum atomic E-state index is 13.0. The zero-order valence-corrected chi connectivity index (χ0v) is 13.9. The van der Waals surface area contributed by atoms with Gasteiger partial charge in [0.15, 0.2) is 5.82 Å². The summed E-state index contributed by atoms with van der Waals surface area (Å²) < 4.78 is 110. The normalized spacial score (nSPS) is 15.6. The average molecular weight is 433 g/mol. The fraction of sp³-hybridized carbons (Fsp3) is 0.0769. The lowest BCUT2D eigenvalue weighted by Crippen LogP contribution is -2.11. The Bertz CT molecular complexity index is 1040. The van der Waals surface area contributed by atoms with Crippen LogP contribution in [0.3, 0.4) is 0 Å². The van der Waals surface area contributed by atoms with E-state index in [1.807, 2.05) is 0 Å². The molecule has 0 aliphatic heterocycles. The third kappa shape index (κ3) is 4.47. The summed E-state index contributed by atoms with van der Waals surface area (Å²) in [6.07, 6.45) is -0.979. The molecule has 0 spiro atoms. The van der Waals surface area contributed by atoms with Crippen LogP contribution >= 0.6 is 10.2 Å². The van der Waals surface area contributed by atoms with Crippen molar-refractivity contribution >= 4 is 22.5 Å². The standard InChI is InChI=1S/C13H7F8N5OS/c14-13(15,16)9-3-8(4-10(5-9)28(17,18,19,20)21)12-22-6-26(25-12)2-1-11-24-23-7-27-11/h1-7H/b2-1-. The van der Waals surface area contributed by atoms with E-state index in [-0.39, 0.29) is 18.0 Å². The monoisotopic (exact) mass is 433 g/mol. The molecule has 6 nitrogen and oxygen atoms in total. The lowest BCUT2D eigenvalue weighted by Gasteiger charge is -2.40.